The van der Waals surface area contributed by atoms with Gasteiger partial charge in [-0.1, -0.05) is 36.4 Å². The van der Waals surface area contributed by atoms with Crippen LogP contribution in [0.3, 0.4) is 0 Å². The number of amides is 2. The van der Waals surface area contributed by atoms with Gasteiger partial charge < -0.3 is 15.0 Å². The van der Waals surface area contributed by atoms with E-state index in [1.807, 2.05) is 46.8 Å². The third kappa shape index (κ3) is 4.36. The predicted molar refractivity (Wildman–Crippen MR) is 114 cm³/mol. The van der Waals surface area contributed by atoms with Gasteiger partial charge in [-0.25, -0.2) is 4.79 Å². The van der Waals surface area contributed by atoms with Crippen molar-refractivity contribution in [1.29, 1.82) is 0 Å². The first-order chi connectivity index (χ1) is 14.6. The molecule has 2 aromatic heterocycles. The molecule has 4 rings (SSSR count). The molecule has 1 aliphatic heterocycles. The molecule has 0 aliphatic carbocycles. The Labute approximate surface area is 176 Å². The van der Waals surface area contributed by atoms with Crippen LogP contribution in [0.5, 0.6) is 0 Å². The van der Waals surface area contributed by atoms with E-state index in [0.29, 0.717) is 32.8 Å². The average Bonchev–Trinajstić information content (AvgIpc) is 3.06. The molecule has 1 fully saturated rings. The highest BCUT2D eigenvalue weighted by molar-refractivity contribution is 5.75. The largest absolute Gasteiger partial charge is 0.377 e. The number of ether oxygens (including phenoxy) is 1. The number of benzene rings is 1. The maximum atomic E-state index is 13.0. The summed E-state index contributed by atoms with van der Waals surface area (Å²) < 4.78 is 7.76. The summed E-state index contributed by atoms with van der Waals surface area (Å²) in [6, 6.07) is 13.8. The summed E-state index contributed by atoms with van der Waals surface area (Å²) in [4.78, 5) is 19.0. The van der Waals surface area contributed by atoms with Crippen LogP contribution < -0.4 is 5.32 Å². The zero-order chi connectivity index (χ0) is 20.9. The second-order valence-electron chi connectivity index (χ2n) is 7.53. The van der Waals surface area contributed by atoms with Crippen molar-refractivity contribution in [3.63, 3.8) is 0 Å². The van der Waals surface area contributed by atoms with E-state index in [4.69, 9.17) is 9.84 Å². The van der Waals surface area contributed by atoms with Crippen LogP contribution in [-0.4, -0.2) is 45.5 Å². The molecule has 0 unspecified atom stereocenters. The summed E-state index contributed by atoms with van der Waals surface area (Å²) in [6.45, 7) is 6.78. The van der Waals surface area contributed by atoms with Gasteiger partial charge in [-0.3, -0.25) is 9.67 Å². The Hall–Kier alpha value is -3.19. The third-order valence-electron chi connectivity index (χ3n) is 5.50. The highest BCUT2D eigenvalue weighted by Crippen LogP contribution is 2.30. The zero-order valence-electron chi connectivity index (χ0n) is 17.4. The smallest absolute Gasteiger partial charge is 0.318 e. The third-order valence-corrected chi connectivity index (χ3v) is 5.50. The highest BCUT2D eigenvalue weighted by Gasteiger charge is 2.32. The van der Waals surface area contributed by atoms with Gasteiger partial charge in [-0.2, -0.15) is 5.10 Å². The van der Waals surface area contributed by atoms with E-state index in [1.54, 1.807) is 12.4 Å². The number of hydrogen-bond donors (Lipinski definition) is 1. The molecule has 1 aromatic carbocycles. The lowest BCUT2D eigenvalue weighted by molar-refractivity contribution is 0.0111. The highest BCUT2D eigenvalue weighted by atomic mass is 16.5. The summed E-state index contributed by atoms with van der Waals surface area (Å²) in [5.74, 6) is 0. The van der Waals surface area contributed by atoms with Gasteiger partial charge in [0.25, 0.3) is 0 Å². The summed E-state index contributed by atoms with van der Waals surface area (Å²) in [7, 11) is 0. The number of carbonyl (C=O) groups is 1. The number of urea groups is 1. The van der Waals surface area contributed by atoms with Crippen molar-refractivity contribution >= 4 is 6.03 Å². The molecule has 7 nitrogen and oxygen atoms in total. The van der Waals surface area contributed by atoms with Gasteiger partial charge in [0.05, 0.1) is 31.5 Å². The van der Waals surface area contributed by atoms with Crippen LogP contribution in [0.15, 0.2) is 54.9 Å². The Morgan fingerprint density at radius 3 is 2.73 bits per heavy atom. The SMILES string of the molecule is Cc1nn(Cc2ccccc2)c(C)c1[C@H]1COCCN1C(=O)NCc1cccnc1. The van der Waals surface area contributed by atoms with Crippen LogP contribution in [0.4, 0.5) is 4.79 Å². The summed E-state index contributed by atoms with van der Waals surface area (Å²) in [5.41, 5.74) is 5.24. The first-order valence-electron chi connectivity index (χ1n) is 10.2. The minimum Gasteiger partial charge on any atom is -0.377 e. The van der Waals surface area contributed by atoms with Gasteiger partial charge in [0, 0.05) is 36.7 Å². The van der Waals surface area contributed by atoms with Crippen molar-refractivity contribution in [2.75, 3.05) is 19.8 Å². The molecule has 0 saturated carbocycles. The van der Waals surface area contributed by atoms with Crippen molar-refractivity contribution in [3.05, 3.63) is 82.9 Å². The standard InChI is InChI=1S/C23H27N5O2/c1-17-22(18(2)28(26-17)15-19-7-4-3-5-8-19)21-16-30-12-11-27(21)23(29)25-14-20-9-6-10-24-13-20/h3-10,13,21H,11-12,14-16H2,1-2H3,(H,25,29)/t21-/m1/s1. The number of nitrogens with zero attached hydrogens (tertiary/aromatic N) is 4. The molecule has 30 heavy (non-hydrogen) atoms. The van der Waals surface area contributed by atoms with Crippen molar-refractivity contribution in [2.45, 2.75) is 33.0 Å². The summed E-state index contributed by atoms with van der Waals surface area (Å²) in [6.07, 6.45) is 3.49. The first-order valence-corrected chi connectivity index (χ1v) is 10.2. The minimum absolute atomic E-state index is 0.0956. The number of aromatic nitrogens is 3. The van der Waals surface area contributed by atoms with Crippen LogP contribution in [0.25, 0.3) is 0 Å². The molecule has 0 spiro atoms. The Kier molecular flexibility index (Phi) is 6.09. The maximum Gasteiger partial charge on any atom is 0.318 e. The van der Waals surface area contributed by atoms with Crippen LogP contribution in [0, 0.1) is 13.8 Å². The zero-order valence-corrected chi connectivity index (χ0v) is 17.4. The van der Waals surface area contributed by atoms with Crippen molar-refractivity contribution in [3.8, 4) is 0 Å². The number of carbonyl (C=O) groups excluding carboxylic acids is 1. The van der Waals surface area contributed by atoms with Gasteiger partial charge in [0.15, 0.2) is 0 Å². The van der Waals surface area contributed by atoms with E-state index in [-0.39, 0.29) is 12.1 Å². The quantitative estimate of drug-likeness (QED) is 0.707. The number of rotatable bonds is 5. The molecule has 1 N–H and O–H groups in total. The molecule has 1 atom stereocenters. The summed E-state index contributed by atoms with van der Waals surface area (Å²) >= 11 is 0. The van der Waals surface area contributed by atoms with Gasteiger partial charge in [0.2, 0.25) is 0 Å². The fourth-order valence-corrected chi connectivity index (χ4v) is 3.97. The lowest BCUT2D eigenvalue weighted by Gasteiger charge is -2.36. The topological polar surface area (TPSA) is 72.3 Å². The minimum atomic E-state index is -0.155. The fourth-order valence-electron chi connectivity index (χ4n) is 3.97. The first kappa shape index (κ1) is 20.1. The number of hydrogen-bond acceptors (Lipinski definition) is 4. The van der Waals surface area contributed by atoms with E-state index in [0.717, 1.165) is 22.5 Å². The fraction of sp³-hybridized carbons (Fsp3) is 0.348. The second kappa shape index (κ2) is 9.09. The average molecular weight is 406 g/mol. The molecule has 1 saturated heterocycles. The lowest BCUT2D eigenvalue weighted by atomic mass is 10.0. The maximum absolute atomic E-state index is 13.0. The van der Waals surface area contributed by atoms with Crippen LogP contribution >= 0.6 is 0 Å². The predicted octanol–water partition coefficient (Wildman–Crippen LogP) is 3.23. The molecule has 0 radical (unpaired) electrons. The monoisotopic (exact) mass is 405 g/mol. The Morgan fingerprint density at radius 1 is 1.17 bits per heavy atom. The lowest BCUT2D eigenvalue weighted by Crippen LogP contribution is -2.48. The van der Waals surface area contributed by atoms with E-state index in [1.165, 1.54) is 5.56 Å². The Balaban J connectivity index is 1.53. The number of pyridine rings is 1. The van der Waals surface area contributed by atoms with Gasteiger partial charge >= 0.3 is 6.03 Å². The van der Waals surface area contributed by atoms with Gasteiger partial charge in [-0.05, 0) is 31.0 Å². The summed E-state index contributed by atoms with van der Waals surface area (Å²) in [5, 5.41) is 7.78. The normalized spacial score (nSPS) is 16.5. The van der Waals surface area contributed by atoms with E-state index < -0.39 is 0 Å². The van der Waals surface area contributed by atoms with Gasteiger partial charge in [-0.15, -0.1) is 0 Å². The Morgan fingerprint density at radius 2 is 1.97 bits per heavy atom. The molecule has 3 aromatic rings. The molecular formula is C23H27N5O2. The second-order valence-corrected chi connectivity index (χ2v) is 7.53. The van der Waals surface area contributed by atoms with E-state index in [2.05, 4.69) is 29.4 Å². The molecule has 156 valence electrons. The molecule has 1 aliphatic rings. The number of aryl methyl sites for hydroxylation is 1. The molecular weight excluding hydrogens is 378 g/mol. The van der Waals surface area contributed by atoms with Gasteiger partial charge in [0.1, 0.15) is 0 Å². The van der Waals surface area contributed by atoms with Crippen molar-refractivity contribution in [2.24, 2.45) is 0 Å². The Bertz CT molecular complexity index is 988. The molecule has 0 bridgehead atoms. The van der Waals surface area contributed by atoms with Crippen molar-refractivity contribution in [1.82, 2.24) is 25.0 Å². The molecule has 3 heterocycles. The molecule has 2 amide bonds. The number of nitrogens with one attached hydrogen (secondary N) is 1. The van der Waals surface area contributed by atoms with E-state index >= 15 is 0 Å². The van der Waals surface area contributed by atoms with Crippen LogP contribution in [0.1, 0.15) is 34.1 Å². The van der Waals surface area contributed by atoms with Crippen LogP contribution in [-0.2, 0) is 17.8 Å². The molecule has 7 heteroatoms. The van der Waals surface area contributed by atoms with Crippen molar-refractivity contribution < 1.29 is 9.53 Å². The number of morpholine rings is 1. The van der Waals surface area contributed by atoms with E-state index in [9.17, 15) is 4.79 Å². The van der Waals surface area contributed by atoms with Crippen LogP contribution in [0.2, 0.25) is 0 Å².